The topological polar surface area (TPSA) is 184 Å². The Hall–Kier alpha value is -1.02. The van der Waals surface area contributed by atoms with E-state index in [1.807, 2.05) is 0 Å². The van der Waals surface area contributed by atoms with E-state index in [0.29, 0.717) is 0 Å². The summed E-state index contributed by atoms with van der Waals surface area (Å²) >= 11 is 0. The number of rotatable bonds is 6. The molecule has 0 aromatic carbocycles. The highest BCUT2D eigenvalue weighted by Gasteiger charge is 2.31. The summed E-state index contributed by atoms with van der Waals surface area (Å²) in [6.07, 6.45) is -0.224. The third-order valence-electron chi connectivity index (χ3n) is 1.13. The van der Waals surface area contributed by atoms with E-state index in [2.05, 4.69) is 4.31 Å². The number of aliphatic carboxylic acids is 2. The Morgan fingerprint density at radius 2 is 1.59 bits per heavy atom. The van der Waals surface area contributed by atoms with Crippen LogP contribution in [-0.2, 0) is 23.0 Å². The van der Waals surface area contributed by atoms with Gasteiger partial charge in [-0.25, -0.2) is 0 Å². The lowest BCUT2D eigenvalue weighted by atomic mass is 10.2. The normalized spacial score (nSPS) is 12.9. The van der Waals surface area contributed by atoms with Gasteiger partial charge in [-0.15, -0.1) is 9.79 Å². The van der Waals surface area contributed by atoms with Crippen LogP contribution >= 0.6 is 16.5 Å². The van der Waals surface area contributed by atoms with Crippen molar-refractivity contribution in [2.45, 2.75) is 18.9 Å². The van der Waals surface area contributed by atoms with E-state index in [0.717, 1.165) is 0 Å². The third-order valence-corrected chi connectivity index (χ3v) is 2.24. The molecule has 0 rings (SSSR count). The predicted octanol–water partition coefficient (Wildman–Crippen LogP) is -0.434. The quantitative estimate of drug-likeness (QED) is 0.402. The van der Waals surface area contributed by atoms with E-state index >= 15 is 0 Å². The SMILES string of the molecule is N[C@@H](CCC(=O)O)C(=O)O.O=[P+](O)O[P+](=O)O. The summed E-state index contributed by atoms with van der Waals surface area (Å²) < 4.78 is 22.2. The molecule has 0 aliphatic carbocycles. The van der Waals surface area contributed by atoms with Crippen LogP contribution < -0.4 is 5.73 Å². The molecule has 0 fully saturated rings. The van der Waals surface area contributed by atoms with Gasteiger partial charge in [0, 0.05) is 15.6 Å². The van der Waals surface area contributed by atoms with E-state index < -0.39 is 34.5 Å². The van der Waals surface area contributed by atoms with Crippen molar-refractivity contribution in [2.75, 3.05) is 0 Å². The molecule has 0 spiro atoms. The molecular weight excluding hydrogens is 280 g/mol. The average molecular weight is 291 g/mol. The Kier molecular flexibility index (Phi) is 11.0. The fraction of sp³-hybridized carbons (Fsp3) is 0.600. The van der Waals surface area contributed by atoms with Gasteiger partial charge in [-0.05, 0) is 6.42 Å². The van der Waals surface area contributed by atoms with Gasteiger partial charge >= 0.3 is 28.4 Å². The zero-order valence-corrected chi connectivity index (χ0v) is 10.1. The van der Waals surface area contributed by atoms with Crippen molar-refractivity contribution in [1.29, 1.82) is 0 Å². The first-order valence-electron chi connectivity index (χ1n) is 3.87. The van der Waals surface area contributed by atoms with Crippen LogP contribution in [0.15, 0.2) is 0 Å². The molecule has 0 amide bonds. The lowest BCUT2D eigenvalue weighted by Crippen LogP contribution is -2.30. The second kappa shape index (κ2) is 10.2. The molecule has 12 heteroatoms. The Labute approximate surface area is 96.9 Å². The molecule has 0 aliphatic rings. The molecule has 0 saturated heterocycles. The van der Waals surface area contributed by atoms with Crippen molar-refractivity contribution in [2.24, 2.45) is 5.73 Å². The Morgan fingerprint density at radius 1 is 1.18 bits per heavy atom. The lowest BCUT2D eigenvalue weighted by molar-refractivity contribution is -0.139. The maximum Gasteiger partial charge on any atom is 0.745 e. The molecule has 17 heavy (non-hydrogen) atoms. The standard InChI is InChI=1S/C5H9NO4.O5P2/c6-3(5(9)10)1-2-4(7)8;1-6(2)5-7(3)4/h3H,1-2,6H2,(H,7,8)(H,9,10);/p+2/t3-;/m0./s1. The lowest BCUT2D eigenvalue weighted by Gasteiger charge is -2.01. The third kappa shape index (κ3) is 17.6. The van der Waals surface area contributed by atoms with Gasteiger partial charge in [-0.2, -0.15) is 0 Å². The maximum absolute atomic E-state index is 9.99. The minimum atomic E-state index is -2.92. The van der Waals surface area contributed by atoms with Crippen molar-refractivity contribution >= 4 is 28.4 Å². The van der Waals surface area contributed by atoms with E-state index in [9.17, 15) is 18.7 Å². The first kappa shape index (κ1) is 18.3. The molecule has 0 aromatic heterocycles. The average Bonchev–Trinajstić information content (AvgIpc) is 2.12. The summed E-state index contributed by atoms with van der Waals surface area (Å²) in [6, 6.07) is -1.06. The number of hydrogen-bond acceptors (Lipinski definition) is 6. The fourth-order valence-electron chi connectivity index (χ4n) is 0.462. The van der Waals surface area contributed by atoms with Crippen LogP contribution in [0, 0.1) is 0 Å². The molecule has 3 atom stereocenters. The van der Waals surface area contributed by atoms with Crippen molar-refractivity contribution in [1.82, 2.24) is 0 Å². The Balaban J connectivity index is 0. The highest BCUT2D eigenvalue weighted by molar-refractivity contribution is 7.46. The number of nitrogens with two attached hydrogens (primary N) is 1. The molecule has 0 heterocycles. The van der Waals surface area contributed by atoms with Crippen molar-refractivity contribution in [3.8, 4) is 0 Å². The second-order valence-electron chi connectivity index (χ2n) is 2.43. The van der Waals surface area contributed by atoms with Gasteiger partial charge in [0.05, 0.1) is 0 Å². The fourth-order valence-corrected chi connectivity index (χ4v) is 0.940. The number of hydrogen-bond donors (Lipinski definition) is 5. The molecule has 0 radical (unpaired) electrons. The molecule has 10 nitrogen and oxygen atoms in total. The highest BCUT2D eigenvalue weighted by atomic mass is 31.2. The zero-order valence-electron chi connectivity index (χ0n) is 8.29. The summed E-state index contributed by atoms with van der Waals surface area (Å²) in [4.78, 5) is 35.2. The van der Waals surface area contributed by atoms with Crippen molar-refractivity contribution in [3.63, 3.8) is 0 Å². The molecule has 6 N–H and O–H groups in total. The van der Waals surface area contributed by atoms with Crippen LogP contribution in [0.4, 0.5) is 0 Å². The largest absolute Gasteiger partial charge is 0.745 e. The van der Waals surface area contributed by atoms with Gasteiger partial charge in [0.1, 0.15) is 6.04 Å². The monoisotopic (exact) mass is 291 g/mol. The molecule has 0 aliphatic heterocycles. The Bertz CT molecular complexity index is 294. The van der Waals surface area contributed by atoms with E-state index in [-0.39, 0.29) is 12.8 Å². The summed E-state index contributed by atoms with van der Waals surface area (Å²) in [7, 11) is -5.85. The number of carbonyl (C=O) groups is 2. The number of carboxylic acid groups (broad SMARTS) is 2. The minimum absolute atomic E-state index is 0.0231. The van der Waals surface area contributed by atoms with Gasteiger partial charge in [-0.3, -0.25) is 9.59 Å². The maximum atomic E-state index is 9.99. The van der Waals surface area contributed by atoms with E-state index in [1.54, 1.807) is 0 Å². The summed E-state index contributed by atoms with van der Waals surface area (Å²) in [6.45, 7) is 0. The summed E-state index contributed by atoms with van der Waals surface area (Å²) in [5, 5.41) is 16.3. The summed E-state index contributed by atoms with van der Waals surface area (Å²) in [5.74, 6) is -2.20. The van der Waals surface area contributed by atoms with Gasteiger partial charge in [0.15, 0.2) is 4.31 Å². The number of carboxylic acids is 2. The molecule has 98 valence electrons. The molecule has 0 aromatic rings. The molecule has 0 bridgehead atoms. The van der Waals surface area contributed by atoms with E-state index in [4.69, 9.17) is 25.7 Å². The van der Waals surface area contributed by atoms with Gasteiger partial charge < -0.3 is 15.9 Å². The highest BCUT2D eigenvalue weighted by Crippen LogP contribution is 2.30. The van der Waals surface area contributed by atoms with Crippen LogP contribution in [0.2, 0.25) is 0 Å². The van der Waals surface area contributed by atoms with Gasteiger partial charge in [-0.1, -0.05) is 0 Å². The minimum Gasteiger partial charge on any atom is -0.481 e. The van der Waals surface area contributed by atoms with Gasteiger partial charge in [0.25, 0.3) is 0 Å². The van der Waals surface area contributed by atoms with Crippen LogP contribution in [0.1, 0.15) is 12.8 Å². The van der Waals surface area contributed by atoms with Crippen molar-refractivity contribution < 1.29 is 43.0 Å². The smallest absolute Gasteiger partial charge is 0.481 e. The van der Waals surface area contributed by atoms with Gasteiger partial charge in [0.2, 0.25) is 0 Å². The van der Waals surface area contributed by atoms with Crippen LogP contribution in [0.5, 0.6) is 0 Å². The molecule has 0 saturated carbocycles. The molecular formula is C5H11NO9P2+2. The van der Waals surface area contributed by atoms with Crippen LogP contribution in [0.3, 0.4) is 0 Å². The first-order chi connectivity index (χ1) is 7.66. The second-order valence-corrected chi connectivity index (χ2v) is 4.04. The predicted molar refractivity (Wildman–Crippen MR) is 53.2 cm³/mol. The van der Waals surface area contributed by atoms with E-state index in [1.165, 1.54) is 0 Å². The van der Waals surface area contributed by atoms with Crippen molar-refractivity contribution in [3.05, 3.63) is 0 Å². The van der Waals surface area contributed by atoms with Crippen LogP contribution in [-0.4, -0.2) is 38.0 Å². The van der Waals surface area contributed by atoms with Crippen LogP contribution in [0.25, 0.3) is 0 Å². The molecule has 2 unspecified atom stereocenters. The Morgan fingerprint density at radius 3 is 1.76 bits per heavy atom. The zero-order chi connectivity index (χ0) is 14.0. The summed E-state index contributed by atoms with van der Waals surface area (Å²) in [5.41, 5.74) is 5.00. The first-order valence-corrected chi connectivity index (χ1v) is 6.13.